The van der Waals surface area contributed by atoms with Crippen molar-refractivity contribution in [2.45, 2.75) is 48.1 Å². The Hall–Kier alpha value is -2.19. The molecule has 43 heavy (non-hydrogen) atoms. The second-order valence-electron chi connectivity index (χ2n) is 7.70. The number of alkyl halides is 6. The van der Waals surface area contributed by atoms with Crippen LogP contribution < -0.4 is 16.2 Å². The molecule has 0 bridgehead atoms. The summed E-state index contributed by atoms with van der Waals surface area (Å²) in [4.78, 5) is 10.3. The Morgan fingerprint density at radius 3 is 1.35 bits per heavy atom. The minimum atomic E-state index is -4.65. The number of nitrogens with two attached hydrogens (primary N) is 2. The van der Waals surface area contributed by atoms with Gasteiger partial charge in [0.1, 0.15) is 31.3 Å². The molecule has 0 spiro atoms. The monoisotopic (exact) mass is 740 g/mol. The van der Waals surface area contributed by atoms with Crippen molar-refractivity contribution in [2.24, 2.45) is 5.73 Å². The SMILES string of the molecule is C[C@H](N)C(F)(F)F.C[C@H](NS(=O)(=O)c1ccc(Cl)nc1)C(F)(F)F.Nc1ccc(Cl)nc1.O=S(=O)(Cl)c1ccc(Cl)nc1. The molecule has 3 aromatic heterocycles. The molecule has 5 N–H and O–H groups in total. The van der Waals surface area contributed by atoms with Gasteiger partial charge in [0, 0.05) is 23.1 Å². The number of pyridine rings is 3. The molecule has 0 aliphatic rings. The van der Waals surface area contributed by atoms with Gasteiger partial charge in [0.15, 0.2) is 0 Å². The predicted molar refractivity (Wildman–Crippen MR) is 151 cm³/mol. The van der Waals surface area contributed by atoms with Crippen LogP contribution in [-0.2, 0) is 19.1 Å². The van der Waals surface area contributed by atoms with E-state index in [4.69, 9.17) is 51.2 Å². The fourth-order valence-electron chi connectivity index (χ4n) is 1.78. The second-order valence-corrected chi connectivity index (χ2v) is 13.1. The van der Waals surface area contributed by atoms with Crippen molar-refractivity contribution in [2.75, 3.05) is 5.73 Å². The highest BCUT2D eigenvalue weighted by Gasteiger charge is 2.39. The number of sulfonamides is 1. The molecule has 242 valence electrons. The van der Waals surface area contributed by atoms with Gasteiger partial charge in [-0.3, -0.25) is 0 Å². The average Bonchev–Trinajstić information content (AvgIpc) is 2.85. The Labute approximate surface area is 262 Å². The molecule has 0 unspecified atom stereocenters. The fourth-order valence-corrected chi connectivity index (χ4v) is 3.97. The zero-order chi connectivity index (χ0) is 33.8. The molecule has 0 radical (unpaired) electrons. The number of nitrogens with one attached hydrogen (secondary N) is 1. The number of anilines is 1. The molecular formula is C21H22Cl4F6N6O4S2. The van der Waals surface area contributed by atoms with Gasteiger partial charge in [-0.1, -0.05) is 34.8 Å². The van der Waals surface area contributed by atoms with Crippen LogP contribution in [-0.4, -0.2) is 56.2 Å². The number of aromatic nitrogens is 3. The van der Waals surface area contributed by atoms with E-state index in [0.29, 0.717) is 17.8 Å². The lowest BCUT2D eigenvalue weighted by Gasteiger charge is -2.16. The van der Waals surface area contributed by atoms with Crippen LogP contribution in [0.15, 0.2) is 64.8 Å². The van der Waals surface area contributed by atoms with Crippen molar-refractivity contribution in [3.05, 3.63) is 70.4 Å². The first kappa shape index (κ1) is 40.8. The molecule has 3 aromatic rings. The van der Waals surface area contributed by atoms with Crippen molar-refractivity contribution in [3.8, 4) is 0 Å². The van der Waals surface area contributed by atoms with E-state index in [1.54, 1.807) is 12.1 Å². The molecule has 0 saturated heterocycles. The number of halogens is 10. The van der Waals surface area contributed by atoms with Crippen molar-refractivity contribution in [1.82, 2.24) is 19.7 Å². The number of hydrogen-bond donors (Lipinski definition) is 3. The van der Waals surface area contributed by atoms with E-state index in [9.17, 15) is 43.2 Å². The summed E-state index contributed by atoms with van der Waals surface area (Å²) in [6, 6.07) is 4.37. The summed E-state index contributed by atoms with van der Waals surface area (Å²) in [5, 5.41) is 0.751. The van der Waals surface area contributed by atoms with Crippen LogP contribution in [0, 0.1) is 0 Å². The molecule has 2 atom stereocenters. The van der Waals surface area contributed by atoms with Crippen molar-refractivity contribution < 1.29 is 43.2 Å². The Bertz CT molecular complexity index is 1460. The molecule has 0 fully saturated rings. The summed E-state index contributed by atoms with van der Waals surface area (Å²) in [5.41, 5.74) is 10.4. The smallest absolute Gasteiger partial charge is 0.397 e. The van der Waals surface area contributed by atoms with E-state index >= 15 is 0 Å². The lowest BCUT2D eigenvalue weighted by Crippen LogP contribution is -2.42. The van der Waals surface area contributed by atoms with Gasteiger partial charge < -0.3 is 11.5 Å². The Balaban J connectivity index is 0.000000585. The minimum absolute atomic E-state index is 0.0489. The van der Waals surface area contributed by atoms with Gasteiger partial charge in [-0.25, -0.2) is 31.8 Å². The molecule has 0 saturated carbocycles. The van der Waals surface area contributed by atoms with Gasteiger partial charge in [-0.2, -0.15) is 31.1 Å². The first-order valence-corrected chi connectivity index (χ1v) is 15.7. The number of nitrogens with zero attached hydrogens (tertiary/aromatic N) is 3. The molecule has 0 aromatic carbocycles. The zero-order valence-corrected chi connectivity index (χ0v) is 26.2. The molecule has 3 heterocycles. The molecule has 0 aliphatic carbocycles. The number of rotatable bonds is 4. The lowest BCUT2D eigenvalue weighted by molar-refractivity contribution is -0.147. The maximum absolute atomic E-state index is 12.2. The molecule has 0 amide bonds. The Morgan fingerprint density at radius 2 is 1.09 bits per heavy atom. The summed E-state index contributed by atoms with van der Waals surface area (Å²) in [6.45, 7) is 1.61. The summed E-state index contributed by atoms with van der Waals surface area (Å²) >= 11 is 16.3. The summed E-state index contributed by atoms with van der Waals surface area (Å²) in [6.07, 6.45) is -5.37. The first-order valence-electron chi connectivity index (χ1n) is 10.8. The topological polar surface area (TPSA) is 171 Å². The Kier molecular flexibility index (Phi) is 16.5. The second kappa shape index (κ2) is 17.3. The van der Waals surface area contributed by atoms with Crippen LogP contribution in [0.2, 0.25) is 15.5 Å². The van der Waals surface area contributed by atoms with E-state index in [2.05, 4.69) is 20.7 Å². The highest BCUT2D eigenvalue weighted by molar-refractivity contribution is 8.13. The van der Waals surface area contributed by atoms with E-state index < -0.39 is 43.5 Å². The molecule has 10 nitrogen and oxygen atoms in total. The van der Waals surface area contributed by atoms with Gasteiger partial charge in [-0.15, -0.1) is 0 Å². The third kappa shape index (κ3) is 17.6. The Morgan fingerprint density at radius 1 is 0.721 bits per heavy atom. The maximum Gasteiger partial charge on any atom is 0.404 e. The van der Waals surface area contributed by atoms with Gasteiger partial charge in [-0.05, 0) is 50.2 Å². The standard InChI is InChI=1S/C8H8ClF3N2O2S.C5H3Cl2NO2S.C5H5ClN2.C3H6F3N/c1-5(8(10,11)12)14-17(15,16)6-2-3-7(9)13-4-6;6-5-2-1-4(3-8-5)11(7,9)10;6-5-2-1-4(7)3-8-5;1-2(7)3(4,5)6/h2-5,14H,1H3;1-3H;1-3H,7H2;2H,7H2,1H3/t5-;;;2-/m0..0/s1. The fraction of sp³-hybridized carbons (Fsp3) is 0.286. The van der Waals surface area contributed by atoms with E-state index in [1.807, 2.05) is 0 Å². The normalized spacial score (nSPS) is 13.1. The molecule has 3 rings (SSSR count). The van der Waals surface area contributed by atoms with Crippen molar-refractivity contribution in [1.29, 1.82) is 0 Å². The van der Waals surface area contributed by atoms with E-state index in [0.717, 1.165) is 25.4 Å². The van der Waals surface area contributed by atoms with Crippen LogP contribution in [0.3, 0.4) is 0 Å². The van der Waals surface area contributed by atoms with Gasteiger partial charge in [0.2, 0.25) is 10.0 Å². The van der Waals surface area contributed by atoms with Gasteiger partial charge >= 0.3 is 12.4 Å². The quantitative estimate of drug-likeness (QED) is 0.169. The van der Waals surface area contributed by atoms with Gasteiger partial charge in [0.25, 0.3) is 9.05 Å². The minimum Gasteiger partial charge on any atom is -0.397 e. The molecule has 0 aliphatic heterocycles. The molecular weight excluding hydrogens is 720 g/mol. The summed E-state index contributed by atoms with van der Waals surface area (Å²) in [5.74, 6) is 0. The average molecular weight is 742 g/mol. The lowest BCUT2D eigenvalue weighted by atomic mass is 10.4. The van der Waals surface area contributed by atoms with E-state index in [1.165, 1.54) is 29.1 Å². The zero-order valence-electron chi connectivity index (χ0n) is 21.6. The maximum atomic E-state index is 12.2. The van der Waals surface area contributed by atoms with Gasteiger partial charge in [0.05, 0.1) is 17.9 Å². The van der Waals surface area contributed by atoms with Crippen molar-refractivity contribution in [3.63, 3.8) is 0 Å². The van der Waals surface area contributed by atoms with Crippen molar-refractivity contribution >= 4 is 70.2 Å². The van der Waals surface area contributed by atoms with Crippen LogP contribution in [0.4, 0.5) is 32.0 Å². The predicted octanol–water partition coefficient (Wildman–Crippen LogP) is 5.84. The number of hydrogen-bond acceptors (Lipinski definition) is 9. The van der Waals surface area contributed by atoms with E-state index in [-0.39, 0.29) is 20.1 Å². The summed E-state index contributed by atoms with van der Waals surface area (Å²) < 4.78 is 116. The van der Waals surface area contributed by atoms with Crippen LogP contribution in [0.25, 0.3) is 0 Å². The highest BCUT2D eigenvalue weighted by Crippen LogP contribution is 2.22. The van der Waals surface area contributed by atoms with Crippen LogP contribution in [0.5, 0.6) is 0 Å². The first-order chi connectivity index (χ1) is 19.4. The number of nitrogen functional groups attached to an aromatic ring is 1. The largest absolute Gasteiger partial charge is 0.404 e. The molecule has 22 heteroatoms. The summed E-state index contributed by atoms with van der Waals surface area (Å²) in [7, 11) is -2.92. The highest BCUT2D eigenvalue weighted by atomic mass is 35.7. The third-order valence-corrected chi connectivity index (χ3v) is 7.62. The third-order valence-electron chi connectivity index (χ3n) is 4.08. The van der Waals surface area contributed by atoms with Crippen LogP contribution in [0.1, 0.15) is 13.8 Å². The van der Waals surface area contributed by atoms with Crippen LogP contribution >= 0.6 is 45.5 Å².